The van der Waals surface area contributed by atoms with Crippen molar-refractivity contribution < 1.29 is 42.2 Å². The first-order valence-corrected chi connectivity index (χ1v) is 33.0. The Labute approximate surface area is 317 Å². The molecule has 2 N–H and O–H groups in total. The molecule has 0 fully saturated rings. The van der Waals surface area contributed by atoms with E-state index in [-0.39, 0.29) is 37.3 Å². The molecule has 51 heavy (non-hydrogen) atoms. The van der Waals surface area contributed by atoms with Gasteiger partial charge in [-0.3, -0.25) is 9.80 Å². The summed E-state index contributed by atoms with van der Waals surface area (Å²) in [6.45, 7) is 39.3. The highest BCUT2D eigenvalue weighted by molar-refractivity contribution is 6.70. The van der Waals surface area contributed by atoms with Gasteiger partial charge in [-0.2, -0.15) is 0 Å². The van der Waals surface area contributed by atoms with Gasteiger partial charge >= 0.3 is 11.9 Å². The Bertz CT molecular complexity index is 936. The molecule has 6 atom stereocenters. The van der Waals surface area contributed by atoms with Gasteiger partial charge in [0, 0.05) is 26.2 Å². The topological polar surface area (TPSA) is 127 Å². The van der Waals surface area contributed by atoms with Crippen molar-refractivity contribution in [2.75, 3.05) is 39.3 Å². The molecule has 0 radical (unpaired) electrons. The lowest BCUT2D eigenvalue weighted by Crippen LogP contribution is -2.44. The number of aliphatic carboxylic acids is 1. The monoisotopic (exact) mass is 796 g/mol. The maximum atomic E-state index is 12.8. The number of carboxylic acids is 1. The molecule has 0 heterocycles. The molecule has 0 spiro atoms. The van der Waals surface area contributed by atoms with Crippen LogP contribution in [0.1, 0.15) is 66.2 Å². The van der Waals surface area contributed by atoms with E-state index in [0.717, 1.165) is 52.1 Å². The molecular weight excluding hydrogens is 717 g/mol. The molecule has 15 heteroatoms. The summed E-state index contributed by atoms with van der Waals surface area (Å²) in [6.07, 6.45) is 0.764. The minimum Gasteiger partial charge on any atom is -0.479 e. The Morgan fingerprint density at radius 2 is 0.824 bits per heavy atom. The van der Waals surface area contributed by atoms with E-state index < -0.39 is 57.4 Å². The van der Waals surface area contributed by atoms with Crippen molar-refractivity contribution in [1.29, 1.82) is 0 Å². The molecule has 0 aromatic rings. The first-order chi connectivity index (χ1) is 23.0. The maximum absolute atomic E-state index is 12.8. The zero-order valence-electron chi connectivity index (χ0n) is 35.6. The summed E-state index contributed by atoms with van der Waals surface area (Å²) >= 11 is 0. The van der Waals surface area contributed by atoms with Crippen LogP contribution in [0.5, 0.6) is 0 Å². The van der Waals surface area contributed by atoms with Gasteiger partial charge in [-0.1, -0.05) is 0 Å². The third-order valence-electron chi connectivity index (χ3n) is 7.48. The molecular formula is C36H80N2O9Si4. The van der Waals surface area contributed by atoms with Crippen molar-refractivity contribution in [3.63, 3.8) is 0 Å². The maximum Gasteiger partial charge on any atom is 0.345 e. The number of aliphatic hydroxyl groups is 1. The lowest BCUT2D eigenvalue weighted by atomic mass is 10.1. The largest absolute Gasteiger partial charge is 0.479 e. The lowest BCUT2D eigenvalue weighted by Gasteiger charge is -2.33. The fourth-order valence-corrected chi connectivity index (χ4v) is 11.6. The van der Waals surface area contributed by atoms with Crippen LogP contribution in [0, 0.1) is 0 Å². The Morgan fingerprint density at radius 3 is 1.10 bits per heavy atom. The van der Waals surface area contributed by atoms with Crippen LogP contribution in [0.15, 0.2) is 0 Å². The average Bonchev–Trinajstić information content (AvgIpc) is 2.87. The van der Waals surface area contributed by atoms with E-state index >= 15 is 0 Å². The van der Waals surface area contributed by atoms with Gasteiger partial charge in [-0.15, -0.1) is 0 Å². The van der Waals surface area contributed by atoms with Gasteiger partial charge < -0.3 is 32.7 Å². The number of ether oxygens (including phenoxy) is 1. The van der Waals surface area contributed by atoms with Gasteiger partial charge in [0.15, 0.2) is 45.5 Å². The number of aliphatic hydroxyl groups excluding tert-OH is 1. The summed E-state index contributed by atoms with van der Waals surface area (Å²) in [5.74, 6) is -2.06. The summed E-state index contributed by atoms with van der Waals surface area (Å²) in [5.41, 5.74) is 0. The molecule has 0 aromatic carbocycles. The Kier molecular flexibility index (Phi) is 23.2. The van der Waals surface area contributed by atoms with Crippen molar-refractivity contribution >= 4 is 45.2 Å². The molecule has 304 valence electrons. The fraction of sp³-hybridized carbons (Fsp3) is 0.944. The van der Waals surface area contributed by atoms with Gasteiger partial charge in [-0.05, 0) is 158 Å². The van der Waals surface area contributed by atoms with Crippen molar-refractivity contribution in [2.24, 2.45) is 0 Å². The van der Waals surface area contributed by atoms with Crippen molar-refractivity contribution in [3.05, 3.63) is 0 Å². The van der Waals surface area contributed by atoms with Gasteiger partial charge in [-0.25, -0.2) is 9.59 Å². The molecule has 0 amide bonds. The second-order valence-corrected chi connectivity index (χ2v) is 36.3. The number of hydrogen-bond acceptors (Lipinski definition) is 10. The van der Waals surface area contributed by atoms with Crippen LogP contribution < -0.4 is 0 Å². The second-order valence-electron chi connectivity index (χ2n) is 18.5. The van der Waals surface area contributed by atoms with Crippen LogP contribution in [0.25, 0.3) is 0 Å². The van der Waals surface area contributed by atoms with E-state index in [0.29, 0.717) is 12.8 Å². The summed E-state index contributed by atoms with van der Waals surface area (Å²) in [6, 6.07) is 0. The highest BCUT2D eigenvalue weighted by atomic mass is 28.4. The van der Waals surface area contributed by atoms with Gasteiger partial charge in [0.25, 0.3) is 0 Å². The number of hydrogen-bond donors (Lipinski definition) is 2. The molecule has 0 bridgehead atoms. The molecule has 0 aliphatic carbocycles. The van der Waals surface area contributed by atoms with Gasteiger partial charge in [0.05, 0.1) is 24.4 Å². The summed E-state index contributed by atoms with van der Waals surface area (Å²) < 4.78 is 30.5. The number of unbranched alkanes of at least 4 members (excludes halogenated alkanes) is 2. The van der Waals surface area contributed by atoms with Gasteiger partial charge in [0.1, 0.15) is 0 Å². The van der Waals surface area contributed by atoms with Crippen LogP contribution >= 0.6 is 0 Å². The molecule has 0 aromatic heterocycles. The fourth-order valence-electron chi connectivity index (χ4n) is 6.44. The van der Waals surface area contributed by atoms with Crippen LogP contribution in [-0.4, -0.2) is 141 Å². The minimum atomic E-state index is -1.69. The zero-order valence-corrected chi connectivity index (χ0v) is 39.6. The van der Waals surface area contributed by atoms with Gasteiger partial charge in [0.2, 0.25) is 0 Å². The highest BCUT2D eigenvalue weighted by Gasteiger charge is 2.28. The molecule has 3 unspecified atom stereocenters. The zero-order chi connectivity index (χ0) is 39.8. The van der Waals surface area contributed by atoms with Crippen molar-refractivity contribution in [2.45, 2.75) is 181 Å². The van der Waals surface area contributed by atoms with Crippen LogP contribution in [-0.2, 0) is 32.0 Å². The molecule has 0 saturated carbocycles. The van der Waals surface area contributed by atoms with Crippen molar-refractivity contribution in [3.8, 4) is 0 Å². The number of rotatable bonds is 29. The van der Waals surface area contributed by atoms with E-state index in [1.165, 1.54) is 0 Å². The van der Waals surface area contributed by atoms with Crippen LogP contribution in [0.4, 0.5) is 0 Å². The predicted octanol–water partition coefficient (Wildman–Crippen LogP) is 7.25. The van der Waals surface area contributed by atoms with Crippen molar-refractivity contribution in [1.82, 2.24) is 9.80 Å². The summed E-state index contributed by atoms with van der Waals surface area (Å²) in [5, 5.41) is 20.4. The third-order valence-corrected chi connectivity index (χ3v) is 11.9. The number of carboxylic acid groups (broad SMARTS) is 1. The van der Waals surface area contributed by atoms with E-state index in [1.54, 1.807) is 0 Å². The predicted molar refractivity (Wildman–Crippen MR) is 220 cm³/mol. The number of carbonyl (C=O) groups excluding carboxylic acids is 1. The second kappa shape index (κ2) is 23.4. The quantitative estimate of drug-likeness (QED) is 0.0452. The SMILES string of the molecule is CC(CN(CCCCC(OC(=O)C(O)CCCCN(C[C@@H](C)O[Si](C)(C)C)C[C@@H](C)O[Si](C)(C)C)C(=O)O)C[C@@H](C)O[Si](C)(C)C)O[Si](C)(C)C. The average molecular weight is 797 g/mol. The smallest absolute Gasteiger partial charge is 0.345 e. The Balaban J connectivity index is 5.06. The van der Waals surface area contributed by atoms with Crippen LogP contribution in [0.3, 0.4) is 0 Å². The minimum absolute atomic E-state index is 0.0770. The van der Waals surface area contributed by atoms with E-state index in [1.807, 2.05) is 0 Å². The number of esters is 1. The molecule has 0 aliphatic heterocycles. The Morgan fingerprint density at radius 1 is 0.529 bits per heavy atom. The third kappa shape index (κ3) is 29.6. The Hall–Kier alpha value is -0.472. The normalized spacial score (nSPS) is 16.9. The first kappa shape index (κ1) is 50.5. The van der Waals surface area contributed by atoms with E-state index in [4.69, 9.17) is 22.4 Å². The first-order valence-electron chi connectivity index (χ1n) is 19.3. The molecule has 0 saturated heterocycles. The van der Waals surface area contributed by atoms with E-state index in [9.17, 15) is 19.8 Å². The molecule has 11 nitrogen and oxygen atoms in total. The van der Waals surface area contributed by atoms with E-state index in [2.05, 4.69) is 116 Å². The summed E-state index contributed by atoms with van der Waals surface area (Å²) in [7, 11) is -6.75. The highest BCUT2D eigenvalue weighted by Crippen LogP contribution is 2.16. The molecule has 0 rings (SSSR count). The number of nitrogens with zero attached hydrogens (tertiary/aromatic N) is 2. The standard InChI is InChI=1S/C36H80N2O9Si4/c1-29(44-48(5,6)7)25-37(26-30(2)45-49(8,9)10)23-19-17-21-33(39)36(42)43-34(35(40)41)22-18-20-24-38(27-31(3)46-50(11,12)13)28-32(4)47-51(14,15)16/h29-34,39H,17-28H2,1-16H3,(H,40,41)/t29-,30-,31-,32?,33?,34?/m1/s1. The summed E-state index contributed by atoms with van der Waals surface area (Å²) in [4.78, 5) is 29.4. The molecule has 0 aliphatic rings. The van der Waals surface area contributed by atoms with Crippen LogP contribution in [0.2, 0.25) is 78.6 Å². The number of carbonyl (C=O) groups is 2. The lowest BCUT2D eigenvalue weighted by molar-refractivity contribution is -0.170.